The molecule has 0 radical (unpaired) electrons. The number of nitrogens with zero attached hydrogens (tertiary/aromatic N) is 1. The van der Waals surface area contributed by atoms with Gasteiger partial charge in [0.1, 0.15) is 0 Å². The summed E-state index contributed by atoms with van der Waals surface area (Å²) >= 11 is 6.20. The Kier molecular flexibility index (Phi) is 4.34. The average molecular weight is 261 g/mol. The second kappa shape index (κ2) is 5.98. The van der Waals surface area contributed by atoms with Crippen LogP contribution in [0.3, 0.4) is 0 Å². The summed E-state index contributed by atoms with van der Waals surface area (Å²) < 4.78 is 0. The smallest absolute Gasteiger partial charge is 0.0453 e. The highest BCUT2D eigenvalue weighted by molar-refractivity contribution is 6.31. The molecule has 94 valence electrons. The first-order valence-corrected chi connectivity index (χ1v) is 6.46. The minimum Gasteiger partial charge on any atom is -0.304 e. The molecule has 2 nitrogen and oxygen atoms in total. The monoisotopic (exact) mass is 260 g/mol. The Morgan fingerprint density at radius 1 is 1.00 bits per heavy atom. The number of benzene rings is 1. The van der Waals surface area contributed by atoms with E-state index >= 15 is 0 Å². The predicted molar refractivity (Wildman–Crippen MR) is 75.7 cm³/mol. The Hall–Kier alpha value is -1.38. The Morgan fingerprint density at radius 2 is 1.67 bits per heavy atom. The van der Waals surface area contributed by atoms with E-state index in [0.717, 1.165) is 10.6 Å². The summed E-state index contributed by atoms with van der Waals surface area (Å²) in [7, 11) is 0. The van der Waals surface area contributed by atoms with Gasteiger partial charge in [0.2, 0.25) is 0 Å². The molecule has 0 bridgehead atoms. The van der Waals surface area contributed by atoms with Gasteiger partial charge in [-0.05, 0) is 43.2 Å². The number of pyridine rings is 1. The molecule has 3 heteroatoms. The number of nitrogens with one attached hydrogen (secondary N) is 1. The van der Waals surface area contributed by atoms with Crippen molar-refractivity contribution in [1.82, 2.24) is 10.3 Å². The molecule has 1 aromatic carbocycles. The molecule has 2 aromatic rings. The molecule has 2 rings (SSSR count). The van der Waals surface area contributed by atoms with Crippen molar-refractivity contribution in [3.05, 3.63) is 64.9 Å². The third kappa shape index (κ3) is 3.09. The van der Waals surface area contributed by atoms with Crippen LogP contribution < -0.4 is 5.32 Å². The minimum absolute atomic E-state index is 0.210. The fourth-order valence-electron chi connectivity index (χ4n) is 2.04. The largest absolute Gasteiger partial charge is 0.304 e. The van der Waals surface area contributed by atoms with E-state index in [0.29, 0.717) is 0 Å². The van der Waals surface area contributed by atoms with Gasteiger partial charge in [0.25, 0.3) is 0 Å². The summed E-state index contributed by atoms with van der Waals surface area (Å²) in [6, 6.07) is 12.5. The van der Waals surface area contributed by atoms with Gasteiger partial charge in [0, 0.05) is 29.5 Å². The molecule has 0 amide bonds. The van der Waals surface area contributed by atoms with E-state index in [4.69, 9.17) is 11.6 Å². The molecule has 18 heavy (non-hydrogen) atoms. The zero-order valence-corrected chi connectivity index (χ0v) is 11.4. The lowest BCUT2D eigenvalue weighted by Gasteiger charge is -2.21. The van der Waals surface area contributed by atoms with Gasteiger partial charge in [-0.25, -0.2) is 0 Å². The van der Waals surface area contributed by atoms with Gasteiger partial charge < -0.3 is 5.32 Å². The lowest BCUT2D eigenvalue weighted by atomic mass is 10.1. The fourth-order valence-corrected chi connectivity index (χ4v) is 2.34. The quantitative estimate of drug-likeness (QED) is 0.893. The van der Waals surface area contributed by atoms with E-state index in [1.807, 2.05) is 42.7 Å². The second-order valence-electron chi connectivity index (χ2n) is 4.41. The second-order valence-corrected chi connectivity index (χ2v) is 4.82. The van der Waals surface area contributed by atoms with E-state index in [1.165, 1.54) is 5.56 Å². The number of rotatable bonds is 4. The molecular formula is C15H17ClN2. The van der Waals surface area contributed by atoms with Crippen LogP contribution in [0.5, 0.6) is 0 Å². The van der Waals surface area contributed by atoms with Gasteiger partial charge in [0.05, 0.1) is 0 Å². The van der Waals surface area contributed by atoms with Gasteiger partial charge in [-0.1, -0.05) is 29.8 Å². The van der Waals surface area contributed by atoms with Crippen LogP contribution in [0.4, 0.5) is 0 Å². The Bertz CT molecular complexity index is 499. The fraction of sp³-hybridized carbons (Fsp3) is 0.267. The van der Waals surface area contributed by atoms with Crippen molar-refractivity contribution >= 4 is 11.6 Å². The highest BCUT2D eigenvalue weighted by Gasteiger charge is 2.12. The zero-order chi connectivity index (χ0) is 13.0. The number of aromatic nitrogens is 1. The van der Waals surface area contributed by atoms with Crippen molar-refractivity contribution in [1.29, 1.82) is 0 Å². The van der Waals surface area contributed by atoms with E-state index in [1.54, 1.807) is 0 Å². The summed E-state index contributed by atoms with van der Waals surface area (Å²) in [5, 5.41) is 4.35. The average Bonchev–Trinajstić information content (AvgIpc) is 2.40. The van der Waals surface area contributed by atoms with Gasteiger partial charge in [-0.15, -0.1) is 0 Å². The lowest BCUT2D eigenvalue weighted by molar-refractivity contribution is 0.494. The van der Waals surface area contributed by atoms with Gasteiger partial charge in [0.15, 0.2) is 0 Å². The summed E-state index contributed by atoms with van der Waals surface area (Å²) in [4.78, 5) is 4.03. The molecule has 0 aliphatic heterocycles. The SMILES string of the molecule is CC(NC(C)c1ccccc1Cl)c1ccncc1. The van der Waals surface area contributed by atoms with Crippen molar-refractivity contribution in [2.45, 2.75) is 25.9 Å². The van der Waals surface area contributed by atoms with Crippen LogP contribution in [-0.2, 0) is 0 Å². The summed E-state index contributed by atoms with van der Waals surface area (Å²) in [6.45, 7) is 4.27. The van der Waals surface area contributed by atoms with Gasteiger partial charge in [-0.3, -0.25) is 4.98 Å². The summed E-state index contributed by atoms with van der Waals surface area (Å²) in [6.07, 6.45) is 3.63. The maximum Gasteiger partial charge on any atom is 0.0453 e. The van der Waals surface area contributed by atoms with Crippen LogP contribution in [0.25, 0.3) is 0 Å². The molecule has 0 fully saturated rings. The van der Waals surface area contributed by atoms with Crippen LogP contribution in [0.2, 0.25) is 5.02 Å². The molecule has 1 aromatic heterocycles. The zero-order valence-electron chi connectivity index (χ0n) is 10.6. The van der Waals surface area contributed by atoms with Crippen molar-refractivity contribution in [2.24, 2.45) is 0 Å². The maximum atomic E-state index is 6.20. The molecule has 2 unspecified atom stereocenters. The highest BCUT2D eigenvalue weighted by atomic mass is 35.5. The first kappa shape index (κ1) is 13.1. The molecular weight excluding hydrogens is 244 g/mol. The third-order valence-electron chi connectivity index (χ3n) is 3.08. The maximum absolute atomic E-state index is 6.20. The van der Waals surface area contributed by atoms with Crippen molar-refractivity contribution in [3.8, 4) is 0 Å². The Morgan fingerprint density at radius 3 is 2.33 bits per heavy atom. The Labute approximate surface area is 113 Å². The normalized spacial score (nSPS) is 14.2. The summed E-state index contributed by atoms with van der Waals surface area (Å²) in [5.74, 6) is 0. The Balaban J connectivity index is 2.08. The number of halogens is 1. The van der Waals surface area contributed by atoms with Gasteiger partial charge in [-0.2, -0.15) is 0 Å². The van der Waals surface area contributed by atoms with E-state index in [-0.39, 0.29) is 12.1 Å². The lowest BCUT2D eigenvalue weighted by Crippen LogP contribution is -2.22. The molecule has 0 aliphatic carbocycles. The molecule has 0 saturated carbocycles. The predicted octanol–water partition coefficient (Wildman–Crippen LogP) is 4.15. The number of hydrogen-bond acceptors (Lipinski definition) is 2. The van der Waals surface area contributed by atoms with Gasteiger partial charge >= 0.3 is 0 Å². The topological polar surface area (TPSA) is 24.9 Å². The van der Waals surface area contributed by atoms with Crippen molar-refractivity contribution < 1.29 is 0 Å². The van der Waals surface area contributed by atoms with Crippen LogP contribution in [0.15, 0.2) is 48.8 Å². The number of hydrogen-bond donors (Lipinski definition) is 1. The first-order chi connectivity index (χ1) is 8.68. The highest BCUT2D eigenvalue weighted by Crippen LogP contribution is 2.24. The van der Waals surface area contributed by atoms with Crippen LogP contribution >= 0.6 is 11.6 Å². The summed E-state index contributed by atoms with van der Waals surface area (Å²) in [5.41, 5.74) is 2.35. The van der Waals surface area contributed by atoms with E-state index < -0.39 is 0 Å². The van der Waals surface area contributed by atoms with Crippen LogP contribution in [0, 0.1) is 0 Å². The molecule has 2 atom stereocenters. The molecule has 0 aliphatic rings. The third-order valence-corrected chi connectivity index (χ3v) is 3.42. The van der Waals surface area contributed by atoms with Crippen LogP contribution in [0.1, 0.15) is 37.1 Å². The standard InChI is InChI=1S/C15H17ClN2/c1-11(13-7-9-17-10-8-13)18-12(2)14-5-3-4-6-15(14)16/h3-12,18H,1-2H3. The van der Waals surface area contributed by atoms with Crippen LogP contribution in [-0.4, -0.2) is 4.98 Å². The van der Waals surface area contributed by atoms with Crippen molar-refractivity contribution in [3.63, 3.8) is 0 Å². The van der Waals surface area contributed by atoms with E-state index in [2.05, 4.69) is 30.2 Å². The minimum atomic E-state index is 0.210. The molecule has 0 spiro atoms. The van der Waals surface area contributed by atoms with E-state index in [9.17, 15) is 0 Å². The molecule has 1 heterocycles. The molecule has 1 N–H and O–H groups in total. The molecule has 0 saturated heterocycles. The van der Waals surface area contributed by atoms with Crippen molar-refractivity contribution in [2.75, 3.05) is 0 Å². The first-order valence-electron chi connectivity index (χ1n) is 6.09.